The molecule has 15 heavy (non-hydrogen) atoms. The average molecular weight is 205 g/mol. The van der Waals surface area contributed by atoms with Gasteiger partial charge in [0.1, 0.15) is 5.75 Å². The van der Waals surface area contributed by atoms with Gasteiger partial charge in [0.2, 0.25) is 5.89 Å². The van der Waals surface area contributed by atoms with E-state index in [1.54, 1.807) is 7.11 Å². The van der Waals surface area contributed by atoms with Crippen molar-refractivity contribution < 1.29 is 9.15 Å². The van der Waals surface area contributed by atoms with Crippen LogP contribution in [0.25, 0.3) is 0 Å². The summed E-state index contributed by atoms with van der Waals surface area (Å²) in [4.78, 5) is 0. The van der Waals surface area contributed by atoms with Gasteiger partial charge in [-0.05, 0) is 17.7 Å². The highest BCUT2D eigenvalue weighted by Crippen LogP contribution is 2.14. The van der Waals surface area contributed by atoms with Crippen LogP contribution in [-0.2, 0) is 6.42 Å². The quantitative estimate of drug-likeness (QED) is 0.816. The molecule has 0 saturated carbocycles. The summed E-state index contributed by atoms with van der Waals surface area (Å²) < 4.78 is 10.1. The Bertz CT molecular complexity index is 436. The third kappa shape index (κ3) is 2.25. The Hall–Kier alpha value is -2.04. The van der Waals surface area contributed by atoms with Gasteiger partial charge in [-0.2, -0.15) is 0 Å². The zero-order valence-corrected chi connectivity index (χ0v) is 8.30. The summed E-state index contributed by atoms with van der Waals surface area (Å²) in [5.41, 5.74) is 6.39. The lowest BCUT2D eigenvalue weighted by Gasteiger charge is -2.00. The normalized spacial score (nSPS) is 10.2. The molecule has 1 aromatic heterocycles. The first-order valence-corrected chi connectivity index (χ1v) is 4.48. The minimum atomic E-state index is 0.0958. The first-order chi connectivity index (χ1) is 7.28. The molecule has 0 aliphatic heterocycles. The Morgan fingerprint density at radius 2 is 2.00 bits per heavy atom. The summed E-state index contributed by atoms with van der Waals surface area (Å²) in [5.74, 6) is 1.33. The number of nitrogens with two attached hydrogens (primary N) is 1. The maximum Gasteiger partial charge on any atom is 0.312 e. The molecule has 5 nitrogen and oxygen atoms in total. The fourth-order valence-corrected chi connectivity index (χ4v) is 1.26. The summed E-state index contributed by atoms with van der Waals surface area (Å²) in [6, 6.07) is 7.75. The zero-order chi connectivity index (χ0) is 10.7. The van der Waals surface area contributed by atoms with Crippen LogP contribution < -0.4 is 10.5 Å². The van der Waals surface area contributed by atoms with Crippen LogP contribution in [0.1, 0.15) is 11.5 Å². The van der Waals surface area contributed by atoms with E-state index in [0.29, 0.717) is 12.3 Å². The minimum absolute atomic E-state index is 0.0958. The minimum Gasteiger partial charge on any atom is -0.497 e. The third-order valence-electron chi connectivity index (χ3n) is 2.00. The molecule has 0 saturated heterocycles. The molecule has 0 radical (unpaired) electrons. The molecule has 1 aromatic carbocycles. The standard InChI is InChI=1S/C10H11N3O2/c1-14-8-4-2-7(3-5-8)6-9-12-13-10(11)15-9/h2-5H,6H2,1H3,(H2,11,13). The van der Waals surface area contributed by atoms with E-state index in [4.69, 9.17) is 14.9 Å². The molecule has 1 heterocycles. The predicted molar refractivity (Wildman–Crippen MR) is 54.5 cm³/mol. The number of benzene rings is 1. The second kappa shape index (κ2) is 4.00. The Morgan fingerprint density at radius 3 is 2.53 bits per heavy atom. The molecular weight excluding hydrogens is 194 g/mol. The van der Waals surface area contributed by atoms with Gasteiger partial charge in [-0.1, -0.05) is 17.2 Å². The van der Waals surface area contributed by atoms with Gasteiger partial charge in [0.15, 0.2) is 0 Å². The van der Waals surface area contributed by atoms with Gasteiger partial charge < -0.3 is 14.9 Å². The van der Waals surface area contributed by atoms with E-state index in [1.807, 2.05) is 24.3 Å². The van der Waals surface area contributed by atoms with Crippen LogP contribution in [0.3, 0.4) is 0 Å². The van der Waals surface area contributed by atoms with E-state index in [2.05, 4.69) is 10.2 Å². The van der Waals surface area contributed by atoms with E-state index in [-0.39, 0.29) is 6.01 Å². The molecule has 0 bridgehead atoms. The molecule has 0 aliphatic rings. The van der Waals surface area contributed by atoms with Gasteiger partial charge in [0.25, 0.3) is 0 Å². The fraction of sp³-hybridized carbons (Fsp3) is 0.200. The van der Waals surface area contributed by atoms with Crippen LogP contribution >= 0.6 is 0 Å². The van der Waals surface area contributed by atoms with Crippen molar-refractivity contribution in [2.24, 2.45) is 0 Å². The van der Waals surface area contributed by atoms with Crippen LogP contribution in [-0.4, -0.2) is 17.3 Å². The topological polar surface area (TPSA) is 74.2 Å². The smallest absolute Gasteiger partial charge is 0.312 e. The van der Waals surface area contributed by atoms with Crippen molar-refractivity contribution in [3.8, 4) is 5.75 Å². The largest absolute Gasteiger partial charge is 0.497 e. The first kappa shape index (κ1) is 9.51. The Balaban J connectivity index is 2.11. The zero-order valence-electron chi connectivity index (χ0n) is 8.30. The van der Waals surface area contributed by atoms with Crippen molar-refractivity contribution in [2.75, 3.05) is 12.8 Å². The number of nitrogen functional groups attached to an aromatic ring is 1. The van der Waals surface area contributed by atoms with Crippen LogP contribution in [0.2, 0.25) is 0 Å². The highest BCUT2D eigenvalue weighted by Gasteiger charge is 2.03. The van der Waals surface area contributed by atoms with E-state index in [9.17, 15) is 0 Å². The Kier molecular flexibility index (Phi) is 2.53. The highest BCUT2D eigenvalue weighted by atomic mass is 16.5. The number of aromatic nitrogens is 2. The molecule has 0 fully saturated rings. The number of methoxy groups -OCH3 is 1. The molecule has 0 atom stereocenters. The highest BCUT2D eigenvalue weighted by molar-refractivity contribution is 5.28. The van der Waals surface area contributed by atoms with Crippen molar-refractivity contribution in [1.82, 2.24) is 10.2 Å². The third-order valence-corrected chi connectivity index (χ3v) is 2.00. The second-order valence-corrected chi connectivity index (χ2v) is 3.06. The monoisotopic (exact) mass is 205 g/mol. The van der Waals surface area contributed by atoms with Crippen LogP contribution in [0.5, 0.6) is 5.75 Å². The number of hydrogen-bond donors (Lipinski definition) is 1. The van der Waals surface area contributed by atoms with Gasteiger partial charge >= 0.3 is 6.01 Å². The van der Waals surface area contributed by atoms with Gasteiger partial charge in [-0.25, -0.2) is 0 Å². The van der Waals surface area contributed by atoms with Crippen molar-refractivity contribution in [3.05, 3.63) is 35.7 Å². The number of anilines is 1. The molecule has 0 unspecified atom stereocenters. The van der Waals surface area contributed by atoms with E-state index in [0.717, 1.165) is 11.3 Å². The van der Waals surface area contributed by atoms with Gasteiger partial charge in [0.05, 0.1) is 13.5 Å². The number of nitrogens with zero attached hydrogens (tertiary/aromatic N) is 2. The summed E-state index contributed by atoms with van der Waals surface area (Å²) >= 11 is 0. The molecular formula is C10H11N3O2. The molecule has 2 rings (SSSR count). The Labute approximate surface area is 86.9 Å². The predicted octanol–water partition coefficient (Wildman–Crippen LogP) is 1.25. The van der Waals surface area contributed by atoms with Crippen LogP contribution in [0, 0.1) is 0 Å². The van der Waals surface area contributed by atoms with Crippen molar-refractivity contribution >= 4 is 6.01 Å². The second-order valence-electron chi connectivity index (χ2n) is 3.06. The molecule has 78 valence electrons. The lowest BCUT2D eigenvalue weighted by atomic mass is 10.1. The SMILES string of the molecule is COc1ccc(Cc2nnc(N)o2)cc1. The summed E-state index contributed by atoms with van der Waals surface area (Å²) in [6.07, 6.45) is 0.578. The van der Waals surface area contributed by atoms with Crippen molar-refractivity contribution in [1.29, 1.82) is 0 Å². The van der Waals surface area contributed by atoms with E-state index >= 15 is 0 Å². The van der Waals surface area contributed by atoms with E-state index < -0.39 is 0 Å². The summed E-state index contributed by atoms with van der Waals surface area (Å²) in [7, 11) is 1.63. The number of rotatable bonds is 3. The summed E-state index contributed by atoms with van der Waals surface area (Å²) in [6.45, 7) is 0. The van der Waals surface area contributed by atoms with E-state index in [1.165, 1.54) is 0 Å². The maximum absolute atomic E-state index is 5.32. The molecule has 2 N–H and O–H groups in total. The maximum atomic E-state index is 5.32. The lowest BCUT2D eigenvalue weighted by molar-refractivity contribution is 0.414. The first-order valence-electron chi connectivity index (χ1n) is 4.48. The molecule has 0 aliphatic carbocycles. The van der Waals surface area contributed by atoms with Gasteiger partial charge in [0, 0.05) is 0 Å². The van der Waals surface area contributed by atoms with Crippen molar-refractivity contribution in [3.63, 3.8) is 0 Å². The van der Waals surface area contributed by atoms with Crippen molar-refractivity contribution in [2.45, 2.75) is 6.42 Å². The summed E-state index contributed by atoms with van der Waals surface area (Å²) in [5, 5.41) is 7.36. The lowest BCUT2D eigenvalue weighted by Crippen LogP contribution is -1.89. The molecule has 0 amide bonds. The van der Waals surface area contributed by atoms with Gasteiger partial charge in [-0.15, -0.1) is 5.10 Å². The molecule has 0 spiro atoms. The Morgan fingerprint density at radius 1 is 1.27 bits per heavy atom. The average Bonchev–Trinajstić information content (AvgIpc) is 2.65. The molecule has 2 aromatic rings. The molecule has 5 heteroatoms. The van der Waals surface area contributed by atoms with Gasteiger partial charge in [-0.3, -0.25) is 0 Å². The number of ether oxygens (including phenoxy) is 1. The fourth-order valence-electron chi connectivity index (χ4n) is 1.26. The number of hydrogen-bond acceptors (Lipinski definition) is 5. The van der Waals surface area contributed by atoms with Crippen LogP contribution in [0.15, 0.2) is 28.7 Å². The van der Waals surface area contributed by atoms with Crippen LogP contribution in [0.4, 0.5) is 6.01 Å².